The first-order valence-electron chi connectivity index (χ1n) is 21.2. The molecule has 0 bridgehead atoms. The van der Waals surface area contributed by atoms with Gasteiger partial charge in [0.15, 0.2) is 0 Å². The third-order valence-corrected chi connectivity index (χ3v) is 123. The molecule has 1 unspecified atom stereocenters. The minimum absolute atomic E-state index is 0.181. The summed E-state index contributed by atoms with van der Waals surface area (Å²) in [6.45, 7) is 19.2. The molecule has 0 spiro atoms. The van der Waals surface area contributed by atoms with Gasteiger partial charge in [-0.25, -0.2) is 0 Å². The van der Waals surface area contributed by atoms with Crippen LogP contribution in [0, 0.1) is 0 Å². The molecule has 2 saturated heterocycles. The van der Waals surface area contributed by atoms with E-state index in [1.54, 1.807) is 0 Å². The number of benzene rings is 6. The molecule has 13 heteroatoms. The van der Waals surface area contributed by atoms with Gasteiger partial charge in [0.25, 0.3) is 0 Å². The van der Waals surface area contributed by atoms with E-state index in [0.717, 1.165) is 0 Å². The Morgan fingerprint density at radius 1 is 0.459 bits per heavy atom. The van der Waals surface area contributed by atoms with Gasteiger partial charge in [0, 0.05) is 0 Å². The Morgan fingerprint density at radius 2 is 0.770 bits per heavy atom. The van der Waals surface area contributed by atoms with Gasteiger partial charge in [-0.2, -0.15) is 0 Å². The fourth-order valence-electron chi connectivity index (χ4n) is 8.51. The molecule has 2 heterocycles. The van der Waals surface area contributed by atoms with Crippen molar-refractivity contribution in [2.75, 3.05) is 0 Å². The summed E-state index contributed by atoms with van der Waals surface area (Å²) in [6.07, 6.45) is 0. The molecule has 4 nitrogen and oxygen atoms in total. The van der Waals surface area contributed by atoms with Crippen molar-refractivity contribution >= 4 is 124 Å². The van der Waals surface area contributed by atoms with E-state index in [1.165, 1.54) is 21.5 Å². The van der Waals surface area contributed by atoms with Crippen LogP contribution in [-0.2, 0) is 31.6 Å². The van der Waals surface area contributed by atoms with Crippen molar-refractivity contribution < 1.29 is 11.4 Å². The van der Waals surface area contributed by atoms with Gasteiger partial charge in [-0.1, -0.05) is 0 Å². The molecule has 2 fully saturated rings. The summed E-state index contributed by atoms with van der Waals surface area (Å²) < 4.78 is 41.1. The maximum absolute atomic E-state index is 8.72. The van der Waals surface area contributed by atoms with Crippen molar-refractivity contribution in [1.29, 1.82) is 0 Å². The Morgan fingerprint density at radius 3 is 1.10 bits per heavy atom. The summed E-state index contributed by atoms with van der Waals surface area (Å²) in [7, 11) is 3.88. The van der Waals surface area contributed by atoms with Crippen LogP contribution in [0.15, 0.2) is 182 Å². The van der Waals surface area contributed by atoms with E-state index >= 15 is 0 Å². The molecule has 0 aromatic heterocycles. The molecule has 0 aliphatic carbocycles. The van der Waals surface area contributed by atoms with E-state index in [1.807, 2.05) is 0 Å². The Bertz CT molecular complexity index is 2230. The standard InChI is InChI=1S/2C6H14O2PS2.6C6H5.3Sn/c2*1-5(2)11(6(3)4)9(7,8)10;6*1-2-4-6-5-3-1;;;/h2*5-6H,1-4H3;6*1-5H;;;/q2*-3;;;;;;;3*+2. The van der Waals surface area contributed by atoms with E-state index < -0.39 is 65.4 Å². The number of rotatable bonds is 14. The van der Waals surface area contributed by atoms with Gasteiger partial charge in [0.05, 0.1) is 0 Å². The molecular formula is C48H58O4P2S4Sn3. The summed E-state index contributed by atoms with van der Waals surface area (Å²) in [5.74, 6) is 0. The van der Waals surface area contributed by atoms with Gasteiger partial charge < -0.3 is 0 Å². The van der Waals surface area contributed by atoms with Crippen LogP contribution in [0.4, 0.5) is 0 Å². The van der Waals surface area contributed by atoms with Gasteiger partial charge in [-0.05, 0) is 0 Å². The number of hydrogen-bond donors (Lipinski definition) is 0. The zero-order valence-corrected chi connectivity index (χ0v) is 49.9. The fraction of sp³-hybridized carbons (Fsp3) is 0.250. The molecule has 6 aromatic carbocycles. The summed E-state index contributed by atoms with van der Waals surface area (Å²) >= 11 is -12.6. The van der Waals surface area contributed by atoms with Crippen molar-refractivity contribution in [2.24, 2.45) is 0 Å². The van der Waals surface area contributed by atoms with Crippen LogP contribution in [0.1, 0.15) is 55.4 Å². The fourth-order valence-corrected chi connectivity index (χ4v) is 184. The SMILES string of the molecule is CC(C)S(C(C)C)=P1([S][Sn]([O]P2(=S(C(C)C)C(C)C)[O][Sn]([c]3ccccc3)([c]3ccccc3)[S]2)([c]2ccccc2)[c]2ccccc2)[O][Sn]([c]2ccccc2)([c]2ccccc2)[O]1. The van der Waals surface area contributed by atoms with Crippen molar-refractivity contribution in [3.8, 4) is 0 Å². The second-order valence-corrected chi connectivity index (χ2v) is 79.0. The van der Waals surface area contributed by atoms with Gasteiger partial charge in [-0.15, -0.1) is 0 Å². The Balaban J connectivity index is 1.42. The van der Waals surface area contributed by atoms with Crippen molar-refractivity contribution in [3.05, 3.63) is 182 Å². The van der Waals surface area contributed by atoms with Crippen molar-refractivity contribution in [2.45, 2.75) is 76.4 Å². The molecule has 0 radical (unpaired) electrons. The average molecular weight is 1250 g/mol. The topological polar surface area (TPSA) is 36.9 Å². The van der Waals surface area contributed by atoms with Gasteiger partial charge in [0.2, 0.25) is 0 Å². The van der Waals surface area contributed by atoms with Crippen LogP contribution >= 0.6 is 28.5 Å². The van der Waals surface area contributed by atoms with Crippen LogP contribution in [0.2, 0.25) is 0 Å². The first kappa shape index (κ1) is 47.3. The van der Waals surface area contributed by atoms with E-state index in [-0.39, 0.29) is 20.1 Å². The summed E-state index contributed by atoms with van der Waals surface area (Å²) in [6, 6.07) is 66.7. The second kappa shape index (κ2) is 20.0. The second-order valence-electron chi connectivity index (χ2n) is 16.4. The quantitative estimate of drug-likeness (QED) is 0.0799. The zero-order chi connectivity index (χ0) is 42.9. The summed E-state index contributed by atoms with van der Waals surface area (Å²) in [5, 5.41) is 1.45. The van der Waals surface area contributed by atoms with Crippen LogP contribution in [0.5, 0.6) is 0 Å². The molecule has 320 valence electrons. The van der Waals surface area contributed by atoms with E-state index in [4.69, 9.17) is 11.4 Å². The Kier molecular flexibility index (Phi) is 15.5. The summed E-state index contributed by atoms with van der Waals surface area (Å²) in [4.78, 5) is 0. The first-order chi connectivity index (χ1) is 29.4. The molecule has 6 aromatic rings. The van der Waals surface area contributed by atoms with Crippen LogP contribution in [0.25, 0.3) is 0 Å². The molecule has 0 saturated carbocycles. The van der Waals surface area contributed by atoms with Gasteiger partial charge >= 0.3 is 394 Å². The molecule has 0 N–H and O–H groups in total. The monoisotopic (exact) mass is 1250 g/mol. The van der Waals surface area contributed by atoms with Crippen LogP contribution in [0.3, 0.4) is 0 Å². The molecular weight excluding hydrogens is 1190 g/mol. The van der Waals surface area contributed by atoms with Crippen molar-refractivity contribution in [1.82, 2.24) is 0 Å². The zero-order valence-electron chi connectivity index (χ0n) is 36.3. The van der Waals surface area contributed by atoms with Gasteiger partial charge in [-0.3, -0.25) is 0 Å². The Labute approximate surface area is 389 Å². The molecule has 2 aliphatic rings. The molecule has 8 rings (SSSR count). The normalized spacial score (nSPS) is 19.4. The third-order valence-electron chi connectivity index (χ3n) is 10.8. The van der Waals surface area contributed by atoms with Crippen molar-refractivity contribution in [3.63, 3.8) is 0 Å². The van der Waals surface area contributed by atoms with Crippen LogP contribution < -0.4 is 21.5 Å². The number of hydrogen-bond acceptors (Lipinski definition) is 6. The van der Waals surface area contributed by atoms with E-state index in [2.05, 4.69) is 255 Å². The van der Waals surface area contributed by atoms with E-state index in [0.29, 0.717) is 21.0 Å². The predicted octanol–water partition coefficient (Wildman–Crippen LogP) is 10.5. The molecule has 61 heavy (non-hydrogen) atoms. The van der Waals surface area contributed by atoms with Crippen LogP contribution in [-0.4, -0.2) is 75.0 Å². The van der Waals surface area contributed by atoms with Gasteiger partial charge in [0.1, 0.15) is 0 Å². The predicted molar refractivity (Wildman–Crippen MR) is 282 cm³/mol. The van der Waals surface area contributed by atoms with E-state index in [9.17, 15) is 0 Å². The molecule has 1 atom stereocenters. The molecule has 0 amide bonds. The summed E-state index contributed by atoms with van der Waals surface area (Å²) in [5.41, 5.74) is -5.37. The average Bonchev–Trinajstić information content (AvgIpc) is 3.25. The Hall–Kier alpha value is -0.184. The molecule has 2 aliphatic heterocycles. The first-order valence-corrected chi connectivity index (χ1v) is 51.4. The third kappa shape index (κ3) is 9.15. The minimum atomic E-state index is -4.61. The maximum atomic E-state index is 8.72.